The van der Waals surface area contributed by atoms with Gasteiger partial charge in [-0.05, 0) is 22.9 Å². The number of thiazole rings is 1. The van der Waals surface area contributed by atoms with Crippen molar-refractivity contribution in [2.24, 2.45) is 0 Å². The number of rotatable bonds is 5. The highest BCUT2D eigenvalue weighted by Gasteiger charge is 2.10. The molecule has 0 aliphatic rings. The number of sulfone groups is 1. The lowest BCUT2D eigenvalue weighted by Gasteiger charge is -2.09. The van der Waals surface area contributed by atoms with Crippen LogP contribution in [0.2, 0.25) is 0 Å². The Balaban J connectivity index is 2.40. The fourth-order valence-corrected chi connectivity index (χ4v) is 2.77. The third-order valence-electron chi connectivity index (χ3n) is 1.79. The maximum absolute atomic E-state index is 10.9. The largest absolute Gasteiger partial charge is 0.307 e. The highest BCUT2D eigenvalue weighted by Crippen LogP contribution is 2.23. The van der Waals surface area contributed by atoms with E-state index in [4.69, 9.17) is 0 Å². The topological polar surface area (TPSA) is 59.1 Å². The first-order valence-electron chi connectivity index (χ1n) is 4.41. The van der Waals surface area contributed by atoms with Crippen molar-refractivity contribution in [3.05, 3.63) is 15.0 Å². The van der Waals surface area contributed by atoms with E-state index < -0.39 is 9.84 Å². The van der Waals surface area contributed by atoms with Gasteiger partial charge in [-0.3, -0.25) is 0 Å². The van der Waals surface area contributed by atoms with Crippen molar-refractivity contribution in [1.82, 2.24) is 10.3 Å². The Bertz CT molecular complexity index is 416. The molecule has 0 aliphatic carbocycles. The van der Waals surface area contributed by atoms with Gasteiger partial charge in [0.2, 0.25) is 0 Å². The summed E-state index contributed by atoms with van der Waals surface area (Å²) in [4.78, 5) is 4.19. The lowest BCUT2D eigenvalue weighted by molar-refractivity contribution is 0.574. The van der Waals surface area contributed by atoms with E-state index in [0.717, 1.165) is 8.79 Å². The van der Waals surface area contributed by atoms with E-state index in [9.17, 15) is 8.42 Å². The number of nitrogens with one attached hydrogen (secondary N) is 1. The predicted molar refractivity (Wildman–Crippen MR) is 65.9 cm³/mol. The monoisotopic (exact) mass is 312 g/mol. The summed E-state index contributed by atoms with van der Waals surface area (Å²) in [5, 5.41) is 4.07. The molecule has 1 atom stereocenters. The first kappa shape index (κ1) is 13.1. The molecule has 0 radical (unpaired) electrons. The van der Waals surface area contributed by atoms with Crippen LogP contribution in [0.5, 0.6) is 0 Å². The Hall–Kier alpha value is 0.0200. The van der Waals surface area contributed by atoms with Gasteiger partial charge in [0.1, 0.15) is 14.8 Å². The van der Waals surface area contributed by atoms with Gasteiger partial charge in [-0.15, -0.1) is 11.3 Å². The molecule has 0 aromatic carbocycles. The molecule has 1 aromatic heterocycles. The summed E-state index contributed by atoms with van der Waals surface area (Å²) in [5.41, 5.74) is 0. The van der Waals surface area contributed by atoms with Crippen LogP contribution in [0.4, 0.5) is 0 Å². The molecule has 7 heteroatoms. The summed E-state index contributed by atoms with van der Waals surface area (Å²) in [7, 11) is -2.89. The third-order valence-corrected chi connectivity index (χ3v) is 4.39. The van der Waals surface area contributed by atoms with E-state index in [2.05, 4.69) is 26.2 Å². The van der Waals surface area contributed by atoms with Gasteiger partial charge in [-0.1, -0.05) is 0 Å². The van der Waals surface area contributed by atoms with Gasteiger partial charge in [-0.2, -0.15) is 0 Å². The zero-order valence-corrected chi connectivity index (χ0v) is 11.7. The van der Waals surface area contributed by atoms with Crippen molar-refractivity contribution in [3.8, 4) is 0 Å². The molecule has 0 saturated heterocycles. The second-order valence-electron chi connectivity index (χ2n) is 3.31. The van der Waals surface area contributed by atoms with Crippen LogP contribution in [0.3, 0.4) is 0 Å². The van der Waals surface area contributed by atoms with Crippen LogP contribution >= 0.6 is 27.3 Å². The third kappa shape index (κ3) is 5.05. The number of halogens is 1. The molecule has 4 nitrogen and oxygen atoms in total. The lowest BCUT2D eigenvalue weighted by atomic mass is 10.3. The molecule has 0 aliphatic heterocycles. The standard InChI is InChI=1S/C8H13BrN2O2S2/c1-6(8-11-5-7(9)14-8)10-3-4-15(2,12)13/h5-6,10H,3-4H2,1-2H3. The molecular formula is C8H13BrN2O2S2. The summed E-state index contributed by atoms with van der Waals surface area (Å²) in [6.45, 7) is 2.42. The lowest BCUT2D eigenvalue weighted by Crippen LogP contribution is -2.25. The number of nitrogens with zero attached hydrogens (tertiary/aromatic N) is 1. The molecule has 0 saturated carbocycles. The quantitative estimate of drug-likeness (QED) is 0.897. The fraction of sp³-hybridized carbons (Fsp3) is 0.625. The highest BCUT2D eigenvalue weighted by atomic mass is 79.9. The minimum atomic E-state index is -2.89. The first-order chi connectivity index (χ1) is 6.88. The highest BCUT2D eigenvalue weighted by molar-refractivity contribution is 9.11. The summed E-state index contributed by atoms with van der Waals surface area (Å²) in [6.07, 6.45) is 2.98. The van der Waals surface area contributed by atoms with Crippen molar-refractivity contribution in [2.75, 3.05) is 18.6 Å². The van der Waals surface area contributed by atoms with Crippen molar-refractivity contribution in [2.45, 2.75) is 13.0 Å². The summed E-state index contributed by atoms with van der Waals surface area (Å²) < 4.78 is 22.8. The minimum Gasteiger partial charge on any atom is -0.307 e. The molecule has 0 bridgehead atoms. The SMILES string of the molecule is CC(NCCS(C)(=O)=O)c1ncc(Br)s1. The zero-order valence-electron chi connectivity index (χ0n) is 8.53. The Morgan fingerprint density at radius 2 is 2.33 bits per heavy atom. The fourth-order valence-electron chi connectivity index (χ4n) is 1.02. The smallest absolute Gasteiger partial charge is 0.148 e. The van der Waals surface area contributed by atoms with Crippen LogP contribution < -0.4 is 5.32 Å². The molecule has 1 N–H and O–H groups in total. The molecule has 1 unspecified atom stereocenters. The molecule has 1 aromatic rings. The van der Waals surface area contributed by atoms with Crippen LogP contribution in [-0.4, -0.2) is 32.0 Å². The van der Waals surface area contributed by atoms with E-state index >= 15 is 0 Å². The zero-order chi connectivity index (χ0) is 11.5. The molecule has 1 heterocycles. The second kappa shape index (κ2) is 5.38. The van der Waals surface area contributed by atoms with Crippen LogP contribution in [0.15, 0.2) is 9.98 Å². The van der Waals surface area contributed by atoms with Crippen LogP contribution in [-0.2, 0) is 9.84 Å². The summed E-state index contributed by atoms with van der Waals surface area (Å²) >= 11 is 4.88. The minimum absolute atomic E-state index is 0.0862. The molecule has 86 valence electrons. The van der Waals surface area contributed by atoms with E-state index in [1.54, 1.807) is 17.5 Å². The Kier molecular flexibility index (Phi) is 4.69. The van der Waals surface area contributed by atoms with Gasteiger partial charge in [0.05, 0.1) is 21.8 Å². The van der Waals surface area contributed by atoms with Crippen LogP contribution in [0, 0.1) is 0 Å². The Morgan fingerprint density at radius 1 is 1.67 bits per heavy atom. The average Bonchev–Trinajstić information content (AvgIpc) is 2.49. The van der Waals surface area contributed by atoms with Crippen molar-refractivity contribution in [1.29, 1.82) is 0 Å². The molecule has 0 spiro atoms. The first-order valence-corrected chi connectivity index (χ1v) is 8.08. The molecule has 0 amide bonds. The maximum Gasteiger partial charge on any atom is 0.148 e. The van der Waals surface area contributed by atoms with Gasteiger partial charge in [0.15, 0.2) is 0 Å². The van der Waals surface area contributed by atoms with E-state index in [-0.39, 0.29) is 11.8 Å². The van der Waals surface area contributed by atoms with Crippen molar-refractivity contribution >= 4 is 37.1 Å². The van der Waals surface area contributed by atoms with E-state index in [1.807, 2.05) is 6.92 Å². The predicted octanol–water partition coefficient (Wildman–Crippen LogP) is 1.60. The summed E-state index contributed by atoms with van der Waals surface area (Å²) in [6, 6.07) is 0.0862. The molecule has 1 rings (SSSR count). The molecule has 15 heavy (non-hydrogen) atoms. The Morgan fingerprint density at radius 3 is 2.80 bits per heavy atom. The summed E-state index contributed by atoms with van der Waals surface area (Å²) in [5.74, 6) is 0.157. The van der Waals surface area contributed by atoms with E-state index in [0.29, 0.717) is 6.54 Å². The second-order valence-corrected chi connectivity index (χ2v) is 8.01. The van der Waals surface area contributed by atoms with Gasteiger partial charge >= 0.3 is 0 Å². The van der Waals surface area contributed by atoms with E-state index in [1.165, 1.54) is 6.26 Å². The van der Waals surface area contributed by atoms with Crippen LogP contribution in [0.1, 0.15) is 18.0 Å². The number of hydrogen-bond acceptors (Lipinski definition) is 5. The average molecular weight is 313 g/mol. The normalized spacial score (nSPS) is 14.1. The van der Waals surface area contributed by atoms with Crippen molar-refractivity contribution < 1.29 is 8.42 Å². The van der Waals surface area contributed by atoms with Crippen molar-refractivity contribution in [3.63, 3.8) is 0 Å². The van der Waals surface area contributed by atoms with Gasteiger partial charge in [-0.25, -0.2) is 13.4 Å². The number of hydrogen-bond donors (Lipinski definition) is 1. The molecular weight excluding hydrogens is 300 g/mol. The van der Waals surface area contributed by atoms with Gasteiger partial charge < -0.3 is 5.32 Å². The Labute approximate surface area is 102 Å². The van der Waals surface area contributed by atoms with Gasteiger partial charge in [0, 0.05) is 12.8 Å². The van der Waals surface area contributed by atoms with Crippen LogP contribution in [0.25, 0.3) is 0 Å². The number of aromatic nitrogens is 1. The van der Waals surface area contributed by atoms with Gasteiger partial charge in [0.25, 0.3) is 0 Å². The molecule has 0 fully saturated rings. The maximum atomic E-state index is 10.9.